The van der Waals surface area contributed by atoms with Crippen LogP contribution in [0.25, 0.3) is 10.6 Å². The monoisotopic (exact) mass is 507 g/mol. The minimum absolute atomic E-state index is 0.0515. The first-order valence-electron chi connectivity index (χ1n) is 9.88. The Morgan fingerprint density at radius 1 is 1.33 bits per heavy atom. The predicted molar refractivity (Wildman–Crippen MR) is 130 cm³/mol. The fraction of sp³-hybridized carbons (Fsp3) is 0.250. The summed E-state index contributed by atoms with van der Waals surface area (Å²) in [6.45, 7) is 3.76. The summed E-state index contributed by atoms with van der Waals surface area (Å²) in [6.07, 6.45) is 1.64. The molecule has 0 fully saturated rings. The summed E-state index contributed by atoms with van der Waals surface area (Å²) in [7, 11) is -5.47. The van der Waals surface area contributed by atoms with Gasteiger partial charge in [-0.15, -0.1) is 11.3 Å². The van der Waals surface area contributed by atoms with Gasteiger partial charge in [-0.25, -0.2) is 17.3 Å². The third-order valence-corrected chi connectivity index (χ3v) is 7.54. The number of nitrogens with one attached hydrogen (secondary N) is 2. The number of hydrogen-bond donors (Lipinski definition) is 3. The Kier molecular flexibility index (Phi) is 6.12. The van der Waals surface area contributed by atoms with Crippen LogP contribution in [0.2, 0.25) is 0 Å². The van der Waals surface area contributed by atoms with E-state index >= 15 is 0 Å². The second-order valence-corrected chi connectivity index (χ2v) is 11.3. The van der Waals surface area contributed by atoms with Crippen molar-refractivity contribution >= 4 is 49.6 Å². The molecule has 0 saturated carbocycles. The van der Waals surface area contributed by atoms with E-state index in [1.54, 1.807) is 6.07 Å². The third-order valence-electron chi connectivity index (χ3n) is 4.99. The molecule has 13 heteroatoms. The molecule has 4 rings (SSSR count). The van der Waals surface area contributed by atoms with Crippen molar-refractivity contribution in [1.82, 2.24) is 9.78 Å². The first kappa shape index (κ1) is 23.1. The maximum Gasteiger partial charge on any atom is 0.281 e. The molecule has 3 aromatic rings. The number of benzene rings is 1. The lowest BCUT2D eigenvalue weighted by Crippen LogP contribution is -2.34. The summed E-state index contributed by atoms with van der Waals surface area (Å²) in [4.78, 5) is 14.2. The number of rotatable bonds is 6. The lowest BCUT2D eigenvalue weighted by atomic mass is 10.1. The summed E-state index contributed by atoms with van der Waals surface area (Å²) >= 11 is 1.36. The van der Waals surface area contributed by atoms with Gasteiger partial charge in [0.25, 0.3) is 5.56 Å². The summed E-state index contributed by atoms with van der Waals surface area (Å²) in [5.41, 5.74) is 0.139. The molecule has 1 aromatic carbocycles. The van der Waals surface area contributed by atoms with Crippen LogP contribution >= 0.6 is 11.3 Å². The van der Waals surface area contributed by atoms with Gasteiger partial charge in [-0.05, 0) is 43.0 Å². The Bertz CT molecular complexity index is 1450. The van der Waals surface area contributed by atoms with Crippen LogP contribution in [0.4, 0.5) is 11.4 Å². The number of thiophene rings is 1. The van der Waals surface area contributed by atoms with Crippen molar-refractivity contribution in [1.29, 1.82) is 0 Å². The normalized spacial score (nSPS) is 16.5. The average Bonchev–Trinajstić information content (AvgIpc) is 3.27. The van der Waals surface area contributed by atoms with Crippen molar-refractivity contribution in [3.63, 3.8) is 0 Å². The van der Waals surface area contributed by atoms with Gasteiger partial charge < -0.3 is 10.4 Å². The molecule has 0 amide bonds. The molecular weight excluding hydrogens is 486 g/mol. The van der Waals surface area contributed by atoms with Gasteiger partial charge >= 0.3 is 0 Å². The molecule has 10 nitrogen and oxygen atoms in total. The first-order valence-corrected chi connectivity index (χ1v) is 13.8. The molecule has 0 saturated heterocycles. The van der Waals surface area contributed by atoms with Crippen LogP contribution in [0, 0.1) is 0 Å². The number of aromatic hydroxyl groups is 1. The smallest absolute Gasteiger partial charge is 0.281 e. The Hall–Kier alpha value is -3.03. The molecule has 1 aliphatic heterocycles. The average molecular weight is 508 g/mol. The molecule has 0 bridgehead atoms. The number of nitrogens with zero attached hydrogens (tertiary/aromatic N) is 3. The lowest BCUT2D eigenvalue weighted by molar-refractivity contribution is 0.430. The van der Waals surface area contributed by atoms with Crippen LogP contribution in [0.5, 0.6) is 5.75 Å². The van der Waals surface area contributed by atoms with Gasteiger partial charge in [0.1, 0.15) is 11.3 Å². The van der Waals surface area contributed by atoms with Crippen LogP contribution in [-0.4, -0.2) is 39.6 Å². The summed E-state index contributed by atoms with van der Waals surface area (Å²) in [6, 6.07) is 7.77. The van der Waals surface area contributed by atoms with Crippen LogP contribution in [0.15, 0.2) is 49.8 Å². The topological polar surface area (TPSA) is 143 Å². The molecule has 3 N–H and O–H groups in total. The zero-order valence-electron chi connectivity index (χ0n) is 17.9. The highest BCUT2D eigenvalue weighted by Gasteiger charge is 2.28. The van der Waals surface area contributed by atoms with Crippen molar-refractivity contribution in [2.24, 2.45) is 4.40 Å². The van der Waals surface area contributed by atoms with Gasteiger partial charge in [-0.3, -0.25) is 9.52 Å². The maximum absolute atomic E-state index is 13.3. The Morgan fingerprint density at radius 2 is 2.09 bits per heavy atom. The van der Waals surface area contributed by atoms with E-state index in [1.165, 1.54) is 34.2 Å². The van der Waals surface area contributed by atoms with Crippen molar-refractivity contribution in [2.45, 2.75) is 31.2 Å². The second-order valence-electron chi connectivity index (χ2n) is 7.46. The van der Waals surface area contributed by atoms with Gasteiger partial charge in [0.05, 0.1) is 27.8 Å². The third kappa shape index (κ3) is 4.56. The molecule has 2 aromatic heterocycles. The molecule has 174 valence electrons. The van der Waals surface area contributed by atoms with E-state index in [-0.39, 0.29) is 39.5 Å². The highest BCUT2D eigenvalue weighted by molar-refractivity contribution is 7.92. The van der Waals surface area contributed by atoms with E-state index in [2.05, 4.69) is 19.5 Å². The van der Waals surface area contributed by atoms with Gasteiger partial charge in [0.2, 0.25) is 10.0 Å². The number of anilines is 2. The van der Waals surface area contributed by atoms with E-state index in [0.717, 1.165) is 6.26 Å². The highest BCUT2D eigenvalue weighted by atomic mass is 32.2. The number of amidine groups is 1. The summed E-state index contributed by atoms with van der Waals surface area (Å²) in [5.74, 6) is -0.409. The fourth-order valence-corrected chi connectivity index (χ4v) is 5.44. The zero-order chi connectivity index (χ0) is 23.9. The molecule has 0 radical (unpaired) electrons. The van der Waals surface area contributed by atoms with Crippen LogP contribution in [-0.2, 0) is 21.0 Å². The second kappa shape index (κ2) is 8.72. The number of fused-ring (bicyclic) bond motifs is 1. The standard InChI is InChI=1S/C20H21N5O5S3/c1-4-11(2)25-20(27)16(18(26)17(22-25)14-6-5-9-31-14)19-21-13-8-7-12(24-33(3,29)30)10-15(13)32(28)23-19/h5-11,24,26H,4H2,1-3H3,(H,21,23). The van der Waals surface area contributed by atoms with Crippen LogP contribution in [0.3, 0.4) is 0 Å². The molecule has 0 spiro atoms. The largest absolute Gasteiger partial charge is 0.505 e. The van der Waals surface area contributed by atoms with Gasteiger partial charge in [-0.1, -0.05) is 13.0 Å². The zero-order valence-corrected chi connectivity index (χ0v) is 20.3. The number of hydrogen-bond acceptors (Lipinski definition) is 8. The summed E-state index contributed by atoms with van der Waals surface area (Å²) in [5, 5.41) is 20.2. The quantitative estimate of drug-likeness (QED) is 0.465. The number of sulfonamides is 1. The minimum Gasteiger partial charge on any atom is -0.505 e. The summed E-state index contributed by atoms with van der Waals surface area (Å²) < 4.78 is 43.6. The lowest BCUT2D eigenvalue weighted by Gasteiger charge is -2.21. The SMILES string of the molecule is CCC(C)n1nc(-c2cccs2)c(O)c(C2=NS(=O)c3cc(NS(C)(=O)=O)ccc3N2)c1=O. The molecule has 1 aliphatic rings. The van der Waals surface area contributed by atoms with E-state index < -0.39 is 26.6 Å². The highest BCUT2D eigenvalue weighted by Crippen LogP contribution is 2.35. The van der Waals surface area contributed by atoms with E-state index in [0.29, 0.717) is 17.0 Å². The van der Waals surface area contributed by atoms with E-state index in [1.807, 2.05) is 25.3 Å². The van der Waals surface area contributed by atoms with Crippen LogP contribution < -0.4 is 15.6 Å². The van der Waals surface area contributed by atoms with Gasteiger partial charge in [0.15, 0.2) is 22.6 Å². The Balaban J connectivity index is 1.85. The molecule has 33 heavy (non-hydrogen) atoms. The van der Waals surface area contributed by atoms with Crippen molar-refractivity contribution in [3.05, 3.63) is 51.6 Å². The van der Waals surface area contributed by atoms with E-state index in [9.17, 15) is 22.5 Å². The molecular formula is C20H21N5O5S3. The van der Waals surface area contributed by atoms with Crippen molar-refractivity contribution < 1.29 is 17.7 Å². The first-order chi connectivity index (χ1) is 15.6. The number of aromatic nitrogens is 2. The molecule has 2 atom stereocenters. The fourth-order valence-electron chi connectivity index (χ4n) is 3.24. The predicted octanol–water partition coefficient (Wildman–Crippen LogP) is 2.91. The maximum atomic E-state index is 13.3. The molecule has 0 aliphatic carbocycles. The van der Waals surface area contributed by atoms with Crippen molar-refractivity contribution in [2.75, 3.05) is 16.3 Å². The molecule has 3 heterocycles. The Labute approximate surface area is 196 Å². The van der Waals surface area contributed by atoms with Crippen molar-refractivity contribution in [3.8, 4) is 16.3 Å². The van der Waals surface area contributed by atoms with Gasteiger partial charge in [-0.2, -0.15) is 9.50 Å². The van der Waals surface area contributed by atoms with Crippen LogP contribution in [0.1, 0.15) is 31.9 Å². The van der Waals surface area contributed by atoms with Gasteiger partial charge in [0, 0.05) is 5.69 Å². The Morgan fingerprint density at radius 3 is 2.73 bits per heavy atom. The minimum atomic E-state index is -3.52. The molecule has 2 unspecified atom stereocenters. The van der Waals surface area contributed by atoms with E-state index in [4.69, 9.17) is 0 Å².